The maximum atomic E-state index is 7.16. The predicted molar refractivity (Wildman–Crippen MR) is 347 cm³/mol. The minimum absolute atomic E-state index is 0.103. The minimum atomic E-state index is -0.103. The van der Waals surface area contributed by atoms with Crippen molar-refractivity contribution in [2.24, 2.45) is 0 Å². The standard InChI is InChI=1S/C76H58N4O2/c1-43-21-9-13-31-57(43)77(63-35-19-27-49-47-25-17-29-55(75(3,4)5)71(47)81-73(49)63)45-37-39-61-53(41-45)67-65-51-23-11-16-34-60(51)80-62-40-38-46(42-54(62)68(70(65)80)66-52-24-12-15-33-59(52)79(61)69(66)67)78(58-32-14-10-22-44(58)2)64-36-20-28-50-48-26-18-30-56(76(6,7)8)72(48)82-74(50)64/h9-42H,1-8H3. The summed E-state index contributed by atoms with van der Waals surface area (Å²) in [5.74, 6) is 0. The zero-order valence-corrected chi connectivity index (χ0v) is 47.2. The molecule has 0 bridgehead atoms. The number of anilines is 6. The Kier molecular flexibility index (Phi) is 9.43. The van der Waals surface area contributed by atoms with E-state index in [9.17, 15) is 0 Å². The zero-order chi connectivity index (χ0) is 55.2. The average Bonchev–Trinajstić information content (AvgIpc) is 1.65. The molecular formula is C76H58N4O2. The lowest BCUT2D eigenvalue weighted by Crippen LogP contribution is -2.11. The summed E-state index contributed by atoms with van der Waals surface area (Å²) in [6.45, 7) is 18.0. The van der Waals surface area contributed by atoms with Crippen molar-refractivity contribution in [1.29, 1.82) is 0 Å². The van der Waals surface area contributed by atoms with E-state index in [1.807, 2.05) is 0 Å². The first-order valence-corrected chi connectivity index (χ1v) is 28.8. The Morgan fingerprint density at radius 3 is 1.05 bits per heavy atom. The number of aryl methyl sites for hydroxylation is 2. The van der Waals surface area contributed by atoms with Crippen molar-refractivity contribution < 1.29 is 8.83 Å². The number of para-hydroxylation sites is 8. The van der Waals surface area contributed by atoms with Gasteiger partial charge in [0.15, 0.2) is 11.2 Å². The molecule has 6 heteroatoms. The third-order valence-corrected chi connectivity index (χ3v) is 18.0. The highest BCUT2D eigenvalue weighted by Crippen LogP contribution is 2.55. The van der Waals surface area contributed by atoms with E-state index in [4.69, 9.17) is 8.83 Å². The summed E-state index contributed by atoms with van der Waals surface area (Å²) in [6, 6.07) is 76.3. The van der Waals surface area contributed by atoms with Crippen molar-refractivity contribution in [3.05, 3.63) is 229 Å². The molecule has 0 saturated carbocycles. The summed E-state index contributed by atoms with van der Waals surface area (Å²) >= 11 is 0. The van der Waals surface area contributed by atoms with Crippen LogP contribution in [0.4, 0.5) is 34.1 Å². The molecule has 0 saturated heterocycles. The van der Waals surface area contributed by atoms with E-state index in [2.05, 4.69) is 280 Å². The first kappa shape index (κ1) is 47.1. The van der Waals surface area contributed by atoms with Gasteiger partial charge < -0.3 is 27.4 Å². The molecule has 0 fully saturated rings. The molecule has 6 heterocycles. The lowest BCUT2D eigenvalue weighted by molar-refractivity contribution is 0.572. The molecular weight excluding hydrogens is 1000 g/mol. The van der Waals surface area contributed by atoms with E-state index < -0.39 is 0 Å². The molecule has 6 aromatic heterocycles. The van der Waals surface area contributed by atoms with Crippen LogP contribution >= 0.6 is 0 Å². The maximum Gasteiger partial charge on any atom is 0.159 e. The fourth-order valence-corrected chi connectivity index (χ4v) is 14.4. The van der Waals surface area contributed by atoms with Gasteiger partial charge in [0.25, 0.3) is 0 Å². The summed E-state index contributed by atoms with van der Waals surface area (Å²) in [7, 11) is 0. The van der Waals surface area contributed by atoms with Crippen LogP contribution in [0.15, 0.2) is 215 Å². The van der Waals surface area contributed by atoms with Crippen LogP contribution < -0.4 is 9.80 Å². The van der Waals surface area contributed by atoms with Crippen LogP contribution in [0, 0.1) is 13.8 Å². The van der Waals surface area contributed by atoms with Crippen LogP contribution in [0.25, 0.3) is 120 Å². The lowest BCUT2D eigenvalue weighted by atomic mass is 9.86. The van der Waals surface area contributed by atoms with E-state index >= 15 is 0 Å². The Bertz CT molecular complexity index is 5190. The Morgan fingerprint density at radius 1 is 0.305 bits per heavy atom. The van der Waals surface area contributed by atoms with Gasteiger partial charge in [0, 0.05) is 98.5 Å². The zero-order valence-electron chi connectivity index (χ0n) is 47.2. The van der Waals surface area contributed by atoms with Crippen LogP contribution in [0.2, 0.25) is 0 Å². The maximum absolute atomic E-state index is 7.16. The smallest absolute Gasteiger partial charge is 0.159 e. The fraction of sp³-hybridized carbons (Fsp3) is 0.132. The molecule has 0 atom stereocenters. The summed E-state index contributed by atoms with van der Waals surface area (Å²) in [5.41, 5.74) is 21.8. The molecule has 6 nitrogen and oxygen atoms in total. The molecule has 11 aromatic carbocycles. The molecule has 0 amide bonds. The second-order valence-electron chi connectivity index (χ2n) is 24.9. The van der Waals surface area contributed by atoms with Gasteiger partial charge in [0.05, 0.1) is 44.5 Å². The number of furan rings is 2. The van der Waals surface area contributed by atoms with E-state index in [1.165, 1.54) is 98.4 Å². The molecule has 0 unspecified atom stereocenters. The predicted octanol–water partition coefficient (Wildman–Crippen LogP) is 21.9. The molecule has 0 radical (unpaired) electrons. The largest absolute Gasteiger partial charge is 0.454 e. The third kappa shape index (κ3) is 6.24. The van der Waals surface area contributed by atoms with Crippen LogP contribution in [-0.4, -0.2) is 8.80 Å². The van der Waals surface area contributed by atoms with Crippen molar-refractivity contribution >= 4 is 154 Å². The third-order valence-electron chi connectivity index (χ3n) is 18.0. The SMILES string of the molecule is Cc1ccccc1N(c1ccc2c(c1)c1c3c4ccccc4n4c5ccc(N(c6ccccc6C)c6cccc7c6oc6c(C(C)(C)C)cccc67)cc5c(c5c6ccccc6n2c51)c34)c1cccc2c1oc1c(C(C)(C)C)cccc12. The fourth-order valence-electron chi connectivity index (χ4n) is 14.4. The van der Waals surface area contributed by atoms with Crippen LogP contribution in [0.1, 0.15) is 63.8 Å². The second-order valence-corrected chi connectivity index (χ2v) is 24.9. The number of aromatic nitrogens is 2. The highest BCUT2D eigenvalue weighted by Gasteiger charge is 2.32. The molecule has 0 aliphatic rings. The highest BCUT2D eigenvalue weighted by atomic mass is 16.3. The number of nitrogens with zero attached hydrogens (tertiary/aromatic N) is 4. The summed E-state index contributed by atoms with van der Waals surface area (Å²) in [4.78, 5) is 4.86. The first-order chi connectivity index (χ1) is 39.8. The minimum Gasteiger partial charge on any atom is -0.454 e. The van der Waals surface area contributed by atoms with Gasteiger partial charge in [0.2, 0.25) is 0 Å². The number of benzene rings is 11. The Morgan fingerprint density at radius 2 is 0.634 bits per heavy atom. The number of hydrogen-bond donors (Lipinski definition) is 0. The van der Waals surface area contributed by atoms with Crippen LogP contribution in [0.5, 0.6) is 0 Å². The normalized spacial score (nSPS) is 12.9. The van der Waals surface area contributed by atoms with Crippen molar-refractivity contribution in [1.82, 2.24) is 8.80 Å². The Hall–Kier alpha value is -9.78. The summed E-state index contributed by atoms with van der Waals surface area (Å²) in [6.07, 6.45) is 0. The average molecular weight is 1060 g/mol. The van der Waals surface area contributed by atoms with E-state index in [1.54, 1.807) is 0 Å². The van der Waals surface area contributed by atoms with E-state index in [-0.39, 0.29) is 10.8 Å². The Labute approximate surface area is 473 Å². The molecule has 0 N–H and O–H groups in total. The molecule has 17 aromatic rings. The molecule has 0 aliphatic heterocycles. The van der Waals surface area contributed by atoms with Crippen molar-refractivity contribution in [3.63, 3.8) is 0 Å². The molecule has 0 spiro atoms. The van der Waals surface area contributed by atoms with Gasteiger partial charge in [-0.1, -0.05) is 175 Å². The van der Waals surface area contributed by atoms with Gasteiger partial charge in [-0.3, -0.25) is 0 Å². The van der Waals surface area contributed by atoms with Gasteiger partial charge in [-0.25, -0.2) is 0 Å². The number of hydrogen-bond acceptors (Lipinski definition) is 4. The van der Waals surface area contributed by atoms with Gasteiger partial charge in [-0.05, 0) is 109 Å². The first-order valence-electron chi connectivity index (χ1n) is 28.8. The van der Waals surface area contributed by atoms with Crippen molar-refractivity contribution in [2.75, 3.05) is 9.80 Å². The topological polar surface area (TPSA) is 41.6 Å². The number of rotatable bonds is 6. The molecule has 0 aliphatic carbocycles. The van der Waals surface area contributed by atoms with Crippen molar-refractivity contribution in [2.45, 2.75) is 66.2 Å². The summed E-state index contributed by atoms with van der Waals surface area (Å²) < 4.78 is 19.4. The van der Waals surface area contributed by atoms with Gasteiger partial charge in [-0.15, -0.1) is 0 Å². The van der Waals surface area contributed by atoms with Crippen molar-refractivity contribution in [3.8, 4) is 0 Å². The number of fused-ring (bicyclic) bond motifs is 20. The quantitative estimate of drug-likeness (QED) is 0.166. The lowest BCUT2D eigenvalue weighted by Gasteiger charge is -2.27. The van der Waals surface area contributed by atoms with E-state index in [0.717, 1.165) is 78.0 Å². The van der Waals surface area contributed by atoms with Crippen LogP contribution in [-0.2, 0) is 10.8 Å². The second kappa shape index (κ2) is 16.4. The molecule has 394 valence electrons. The summed E-state index contributed by atoms with van der Waals surface area (Å²) in [5, 5.41) is 14.4. The van der Waals surface area contributed by atoms with Gasteiger partial charge in [0.1, 0.15) is 11.2 Å². The monoisotopic (exact) mass is 1060 g/mol. The molecule has 17 rings (SSSR count). The van der Waals surface area contributed by atoms with E-state index in [0.29, 0.717) is 0 Å². The highest BCUT2D eigenvalue weighted by molar-refractivity contribution is 6.45. The van der Waals surface area contributed by atoms with Crippen LogP contribution in [0.3, 0.4) is 0 Å². The molecule has 82 heavy (non-hydrogen) atoms. The van der Waals surface area contributed by atoms with Gasteiger partial charge in [-0.2, -0.15) is 0 Å². The van der Waals surface area contributed by atoms with Gasteiger partial charge >= 0.3 is 0 Å². The Balaban J connectivity index is 0.970.